The molecule has 0 fully saturated rings. The molecule has 0 spiro atoms. The van der Waals surface area contributed by atoms with E-state index in [9.17, 15) is 8.42 Å². The van der Waals surface area contributed by atoms with E-state index in [4.69, 9.17) is 10.6 Å². The minimum Gasteiger partial charge on any atom is -0.496 e. The van der Waals surface area contributed by atoms with E-state index in [1.54, 1.807) is 24.3 Å². The minimum absolute atomic E-state index is 0.242. The second kappa shape index (κ2) is 5.73. The first kappa shape index (κ1) is 14.0. The van der Waals surface area contributed by atoms with Gasteiger partial charge in [-0.1, -0.05) is 12.1 Å². The van der Waals surface area contributed by atoms with Crippen molar-refractivity contribution in [3.05, 3.63) is 41.7 Å². The summed E-state index contributed by atoms with van der Waals surface area (Å²) < 4.78 is 28.4. The van der Waals surface area contributed by atoms with E-state index in [1.165, 1.54) is 6.26 Å². The van der Waals surface area contributed by atoms with Gasteiger partial charge in [0, 0.05) is 6.26 Å². The molecule has 1 aromatic rings. The standard InChI is InChI=1S/C13H18N2O3S/c1-19(16,17)11-7-5-10(6-8-11)13(15-14)12-4-2-3-9-18-12/h4-8,13,15H,2-3,9,14H2,1H3. The van der Waals surface area contributed by atoms with Crippen molar-refractivity contribution in [2.45, 2.75) is 23.8 Å². The van der Waals surface area contributed by atoms with Gasteiger partial charge in [-0.05, 0) is 36.6 Å². The number of benzene rings is 1. The van der Waals surface area contributed by atoms with E-state index in [-0.39, 0.29) is 6.04 Å². The lowest BCUT2D eigenvalue weighted by molar-refractivity contribution is 0.168. The maximum absolute atomic E-state index is 11.4. The zero-order valence-corrected chi connectivity index (χ0v) is 11.6. The van der Waals surface area contributed by atoms with Crippen molar-refractivity contribution in [2.75, 3.05) is 12.9 Å². The quantitative estimate of drug-likeness (QED) is 0.642. The largest absolute Gasteiger partial charge is 0.496 e. The zero-order chi connectivity index (χ0) is 13.9. The molecule has 0 saturated carbocycles. The lowest BCUT2D eigenvalue weighted by Gasteiger charge is -2.23. The molecule has 1 atom stereocenters. The Hall–Kier alpha value is -1.37. The van der Waals surface area contributed by atoms with Crippen LogP contribution in [0.25, 0.3) is 0 Å². The molecule has 0 saturated heterocycles. The number of nitrogens with one attached hydrogen (secondary N) is 1. The van der Waals surface area contributed by atoms with Gasteiger partial charge in [0.05, 0.1) is 11.5 Å². The molecule has 104 valence electrons. The molecule has 1 aliphatic rings. The highest BCUT2D eigenvalue weighted by Gasteiger charge is 2.19. The summed E-state index contributed by atoms with van der Waals surface area (Å²) in [5.74, 6) is 6.36. The first-order chi connectivity index (χ1) is 9.02. The van der Waals surface area contributed by atoms with Crippen molar-refractivity contribution in [1.29, 1.82) is 0 Å². The van der Waals surface area contributed by atoms with Gasteiger partial charge in [0.15, 0.2) is 9.84 Å². The summed E-state index contributed by atoms with van der Waals surface area (Å²) in [6.45, 7) is 0.686. The Kier molecular flexibility index (Phi) is 4.24. The van der Waals surface area contributed by atoms with Gasteiger partial charge in [0.2, 0.25) is 0 Å². The monoisotopic (exact) mass is 282 g/mol. The first-order valence-electron chi connectivity index (χ1n) is 6.11. The second-order valence-corrected chi connectivity index (χ2v) is 6.55. The van der Waals surface area contributed by atoms with Crippen LogP contribution < -0.4 is 11.3 Å². The predicted octanol–water partition coefficient (Wildman–Crippen LogP) is 1.29. The van der Waals surface area contributed by atoms with Crippen LogP contribution in [0.3, 0.4) is 0 Å². The number of hydrazine groups is 1. The van der Waals surface area contributed by atoms with Crippen LogP contribution in [0.2, 0.25) is 0 Å². The van der Waals surface area contributed by atoms with Crippen molar-refractivity contribution in [2.24, 2.45) is 5.84 Å². The lowest BCUT2D eigenvalue weighted by atomic mass is 10.0. The molecule has 0 amide bonds. The Morgan fingerprint density at radius 3 is 2.47 bits per heavy atom. The normalized spacial score (nSPS) is 17.5. The van der Waals surface area contributed by atoms with E-state index >= 15 is 0 Å². The SMILES string of the molecule is CS(=O)(=O)c1ccc(C(NN)C2=CCCCO2)cc1. The Morgan fingerprint density at radius 1 is 1.32 bits per heavy atom. The highest BCUT2D eigenvalue weighted by Crippen LogP contribution is 2.26. The summed E-state index contributed by atoms with van der Waals surface area (Å²) in [6.07, 6.45) is 5.18. The summed E-state index contributed by atoms with van der Waals surface area (Å²) in [7, 11) is -3.17. The van der Waals surface area contributed by atoms with Crippen LogP contribution in [0.4, 0.5) is 0 Å². The lowest BCUT2D eigenvalue weighted by Crippen LogP contribution is -2.31. The van der Waals surface area contributed by atoms with Gasteiger partial charge in [0.1, 0.15) is 11.8 Å². The van der Waals surface area contributed by atoms with Gasteiger partial charge in [-0.3, -0.25) is 5.84 Å². The summed E-state index contributed by atoms with van der Waals surface area (Å²) in [6, 6.07) is 6.42. The van der Waals surface area contributed by atoms with Crippen molar-refractivity contribution in [3.63, 3.8) is 0 Å². The third kappa shape index (κ3) is 3.34. The van der Waals surface area contributed by atoms with E-state index in [2.05, 4.69) is 5.43 Å². The summed E-state index contributed by atoms with van der Waals surface area (Å²) in [4.78, 5) is 0.297. The molecule has 1 heterocycles. The van der Waals surface area contributed by atoms with Crippen LogP contribution in [0, 0.1) is 0 Å². The molecule has 6 heteroatoms. The number of nitrogens with two attached hydrogens (primary N) is 1. The Balaban J connectivity index is 2.27. The number of ether oxygens (including phenoxy) is 1. The van der Waals surface area contributed by atoms with E-state index in [1.807, 2.05) is 6.08 Å². The molecule has 0 bridgehead atoms. The number of allylic oxidation sites excluding steroid dienone is 1. The average molecular weight is 282 g/mol. The topological polar surface area (TPSA) is 81.4 Å². The molecule has 2 rings (SSSR count). The molecular weight excluding hydrogens is 264 g/mol. The van der Waals surface area contributed by atoms with Gasteiger partial charge in [-0.2, -0.15) is 0 Å². The van der Waals surface area contributed by atoms with Gasteiger partial charge >= 0.3 is 0 Å². The van der Waals surface area contributed by atoms with Gasteiger partial charge in [0.25, 0.3) is 0 Å². The zero-order valence-electron chi connectivity index (χ0n) is 10.8. The summed E-state index contributed by atoms with van der Waals surface area (Å²) in [5.41, 5.74) is 3.58. The molecule has 0 aromatic heterocycles. The molecule has 0 radical (unpaired) electrons. The fourth-order valence-electron chi connectivity index (χ4n) is 2.03. The molecule has 5 nitrogen and oxygen atoms in total. The van der Waals surface area contributed by atoms with Gasteiger partial charge in [-0.25, -0.2) is 13.8 Å². The fourth-order valence-corrected chi connectivity index (χ4v) is 2.66. The molecule has 0 aliphatic carbocycles. The second-order valence-electron chi connectivity index (χ2n) is 4.54. The van der Waals surface area contributed by atoms with Crippen LogP contribution in [0.15, 0.2) is 41.0 Å². The molecular formula is C13H18N2O3S. The van der Waals surface area contributed by atoms with Crippen LogP contribution in [-0.4, -0.2) is 21.3 Å². The highest BCUT2D eigenvalue weighted by atomic mass is 32.2. The molecule has 19 heavy (non-hydrogen) atoms. The molecule has 1 unspecified atom stereocenters. The third-order valence-corrected chi connectivity index (χ3v) is 4.18. The third-order valence-electron chi connectivity index (χ3n) is 3.06. The molecule has 3 N–H and O–H groups in total. The number of hydrogen-bond donors (Lipinski definition) is 2. The maximum Gasteiger partial charge on any atom is 0.175 e. The number of sulfone groups is 1. The van der Waals surface area contributed by atoms with Gasteiger partial charge < -0.3 is 4.74 Å². The van der Waals surface area contributed by atoms with E-state index < -0.39 is 9.84 Å². The van der Waals surface area contributed by atoms with Crippen LogP contribution in [0.5, 0.6) is 0 Å². The summed E-state index contributed by atoms with van der Waals surface area (Å²) in [5, 5.41) is 0. The van der Waals surface area contributed by atoms with Crippen molar-refractivity contribution >= 4 is 9.84 Å². The highest BCUT2D eigenvalue weighted by molar-refractivity contribution is 7.90. The summed E-state index contributed by atoms with van der Waals surface area (Å²) >= 11 is 0. The predicted molar refractivity (Wildman–Crippen MR) is 72.9 cm³/mol. The Labute approximate surface area is 113 Å². The van der Waals surface area contributed by atoms with Crippen molar-refractivity contribution in [3.8, 4) is 0 Å². The fraction of sp³-hybridized carbons (Fsp3) is 0.385. The van der Waals surface area contributed by atoms with E-state index in [0.29, 0.717) is 11.5 Å². The minimum atomic E-state index is -3.17. The molecule has 1 aliphatic heterocycles. The Bertz CT molecular complexity index is 564. The Morgan fingerprint density at radius 2 is 2.00 bits per heavy atom. The van der Waals surface area contributed by atoms with Crippen molar-refractivity contribution < 1.29 is 13.2 Å². The van der Waals surface area contributed by atoms with E-state index in [0.717, 1.165) is 24.2 Å². The van der Waals surface area contributed by atoms with Crippen LogP contribution in [-0.2, 0) is 14.6 Å². The van der Waals surface area contributed by atoms with Crippen LogP contribution >= 0.6 is 0 Å². The van der Waals surface area contributed by atoms with Crippen LogP contribution in [0.1, 0.15) is 24.4 Å². The van der Waals surface area contributed by atoms with Gasteiger partial charge in [-0.15, -0.1) is 0 Å². The number of hydrogen-bond acceptors (Lipinski definition) is 5. The average Bonchev–Trinajstić information content (AvgIpc) is 2.40. The first-order valence-corrected chi connectivity index (χ1v) is 8.00. The van der Waals surface area contributed by atoms with Crippen molar-refractivity contribution in [1.82, 2.24) is 5.43 Å². The number of rotatable bonds is 4. The maximum atomic E-state index is 11.4. The smallest absolute Gasteiger partial charge is 0.175 e. The molecule has 1 aromatic carbocycles.